The van der Waals surface area contributed by atoms with Crippen molar-refractivity contribution >= 4 is 15.9 Å². The van der Waals surface area contributed by atoms with E-state index >= 15 is 0 Å². The molecule has 3 N–H and O–H groups in total. The molecule has 0 unspecified atom stereocenters. The van der Waals surface area contributed by atoms with Gasteiger partial charge in [-0.1, -0.05) is 0 Å². The third-order valence-corrected chi connectivity index (χ3v) is 5.03. The second kappa shape index (κ2) is 7.73. The van der Waals surface area contributed by atoms with Crippen LogP contribution in [0, 0.1) is 0 Å². The number of sulfonamides is 1. The van der Waals surface area contributed by atoms with Crippen molar-refractivity contribution in [3.8, 4) is 5.75 Å². The van der Waals surface area contributed by atoms with E-state index in [0.717, 1.165) is 13.1 Å². The Morgan fingerprint density at radius 2 is 2.09 bits per heavy atom. The monoisotopic (exact) mass is 343 g/mol. The summed E-state index contributed by atoms with van der Waals surface area (Å²) in [6, 6.07) is 4.01. The third kappa shape index (κ3) is 4.64. The van der Waals surface area contributed by atoms with Gasteiger partial charge in [0.15, 0.2) is 0 Å². The maximum atomic E-state index is 12.3. The fraction of sp³-hybridized carbons (Fsp3) is 0.500. The maximum Gasteiger partial charge on any atom is 0.252 e. The van der Waals surface area contributed by atoms with E-state index in [9.17, 15) is 13.2 Å². The molecule has 0 saturated carbocycles. The minimum Gasteiger partial charge on any atom is -0.496 e. The van der Waals surface area contributed by atoms with Crippen molar-refractivity contribution in [2.24, 2.45) is 5.73 Å². The number of benzene rings is 1. The molecular formula is C14H21N3O5S. The van der Waals surface area contributed by atoms with Crippen LogP contribution in [0.25, 0.3) is 0 Å². The number of nitrogens with zero attached hydrogens (tertiary/aromatic N) is 1. The summed E-state index contributed by atoms with van der Waals surface area (Å²) in [4.78, 5) is 13.5. The number of ether oxygens (including phenoxy) is 2. The van der Waals surface area contributed by atoms with Gasteiger partial charge in [0.1, 0.15) is 5.75 Å². The van der Waals surface area contributed by atoms with Crippen molar-refractivity contribution in [2.75, 3.05) is 46.5 Å². The number of methoxy groups -OCH3 is 1. The first kappa shape index (κ1) is 17.7. The molecule has 1 aromatic carbocycles. The van der Waals surface area contributed by atoms with Crippen molar-refractivity contribution in [3.05, 3.63) is 23.8 Å². The Morgan fingerprint density at radius 1 is 1.39 bits per heavy atom. The molecule has 1 aromatic rings. The number of carbonyl (C=O) groups is 1. The standard InChI is InChI=1S/C14H21N3O5S/c1-21-13-3-2-11(10-12(13)14(15)18)23(19,20)16-4-5-17-6-8-22-9-7-17/h2-3,10,16H,4-9H2,1H3,(H2,15,18). The van der Waals surface area contributed by atoms with E-state index in [-0.39, 0.29) is 22.8 Å². The molecule has 0 aliphatic carbocycles. The molecule has 2 rings (SSSR count). The molecule has 0 atom stereocenters. The highest BCUT2D eigenvalue weighted by atomic mass is 32.2. The molecular weight excluding hydrogens is 322 g/mol. The van der Waals surface area contributed by atoms with Crippen LogP contribution in [0.15, 0.2) is 23.1 Å². The van der Waals surface area contributed by atoms with Gasteiger partial charge < -0.3 is 15.2 Å². The first-order valence-electron chi connectivity index (χ1n) is 7.21. The Labute approximate surface area is 135 Å². The molecule has 1 amide bonds. The Kier molecular flexibility index (Phi) is 5.94. The van der Waals surface area contributed by atoms with E-state index in [4.69, 9.17) is 15.2 Å². The van der Waals surface area contributed by atoms with Gasteiger partial charge in [0.05, 0.1) is 30.8 Å². The van der Waals surface area contributed by atoms with Crippen LogP contribution in [-0.2, 0) is 14.8 Å². The van der Waals surface area contributed by atoms with Crippen LogP contribution in [-0.4, -0.2) is 65.7 Å². The summed E-state index contributed by atoms with van der Waals surface area (Å²) in [5.74, 6) is -0.503. The van der Waals surface area contributed by atoms with Crippen LogP contribution in [0.4, 0.5) is 0 Å². The zero-order valence-electron chi connectivity index (χ0n) is 12.9. The zero-order chi connectivity index (χ0) is 16.9. The second-order valence-corrected chi connectivity index (χ2v) is 6.85. The van der Waals surface area contributed by atoms with E-state index in [1.807, 2.05) is 0 Å². The zero-order valence-corrected chi connectivity index (χ0v) is 13.8. The molecule has 1 aliphatic heterocycles. The van der Waals surface area contributed by atoms with Gasteiger partial charge in [-0.15, -0.1) is 0 Å². The predicted octanol–water partition coefficient (Wildman–Crippen LogP) is -0.595. The molecule has 0 aromatic heterocycles. The lowest BCUT2D eigenvalue weighted by Gasteiger charge is -2.26. The first-order chi connectivity index (χ1) is 10.9. The quantitative estimate of drug-likeness (QED) is 0.684. The second-order valence-electron chi connectivity index (χ2n) is 5.08. The van der Waals surface area contributed by atoms with Gasteiger partial charge >= 0.3 is 0 Å². The molecule has 128 valence electrons. The van der Waals surface area contributed by atoms with Crippen molar-refractivity contribution < 1.29 is 22.7 Å². The van der Waals surface area contributed by atoms with Gasteiger partial charge in [-0.05, 0) is 18.2 Å². The molecule has 0 bridgehead atoms. The van der Waals surface area contributed by atoms with Crippen LogP contribution in [0.3, 0.4) is 0 Å². The fourth-order valence-electron chi connectivity index (χ4n) is 2.29. The fourth-order valence-corrected chi connectivity index (χ4v) is 3.34. The summed E-state index contributed by atoms with van der Waals surface area (Å²) >= 11 is 0. The van der Waals surface area contributed by atoms with Crippen molar-refractivity contribution in [2.45, 2.75) is 4.90 Å². The van der Waals surface area contributed by atoms with Crippen LogP contribution >= 0.6 is 0 Å². The minimum atomic E-state index is -3.71. The van der Waals surface area contributed by atoms with Crippen LogP contribution in [0.2, 0.25) is 0 Å². The average Bonchev–Trinajstić information content (AvgIpc) is 2.55. The molecule has 1 aliphatic rings. The largest absolute Gasteiger partial charge is 0.496 e. The molecule has 9 heteroatoms. The van der Waals surface area contributed by atoms with Crippen molar-refractivity contribution in [1.82, 2.24) is 9.62 Å². The van der Waals surface area contributed by atoms with Crippen LogP contribution in [0.5, 0.6) is 5.75 Å². The predicted molar refractivity (Wildman–Crippen MR) is 84.0 cm³/mol. The molecule has 1 saturated heterocycles. The Bertz CT molecular complexity index is 656. The van der Waals surface area contributed by atoms with Gasteiger partial charge in [0.25, 0.3) is 5.91 Å². The van der Waals surface area contributed by atoms with Crippen molar-refractivity contribution in [3.63, 3.8) is 0 Å². The summed E-state index contributed by atoms with van der Waals surface area (Å²) in [7, 11) is -2.33. The third-order valence-electron chi connectivity index (χ3n) is 3.57. The summed E-state index contributed by atoms with van der Waals surface area (Å²) in [5, 5.41) is 0. The molecule has 0 radical (unpaired) electrons. The number of amides is 1. The Hall–Kier alpha value is -1.68. The lowest BCUT2D eigenvalue weighted by Crippen LogP contribution is -2.41. The summed E-state index contributed by atoms with van der Waals surface area (Å²) in [6.07, 6.45) is 0. The Morgan fingerprint density at radius 3 is 2.70 bits per heavy atom. The highest BCUT2D eigenvalue weighted by molar-refractivity contribution is 7.89. The maximum absolute atomic E-state index is 12.3. The molecule has 1 heterocycles. The highest BCUT2D eigenvalue weighted by Gasteiger charge is 2.19. The van der Waals surface area contributed by atoms with E-state index in [1.165, 1.54) is 25.3 Å². The lowest BCUT2D eigenvalue weighted by atomic mass is 10.2. The minimum absolute atomic E-state index is 0.0194. The van der Waals surface area contributed by atoms with E-state index in [2.05, 4.69) is 9.62 Å². The van der Waals surface area contributed by atoms with Gasteiger partial charge in [0.2, 0.25) is 10.0 Å². The van der Waals surface area contributed by atoms with Gasteiger partial charge in [-0.25, -0.2) is 13.1 Å². The Balaban J connectivity index is 2.03. The van der Waals surface area contributed by atoms with E-state index in [0.29, 0.717) is 19.8 Å². The molecule has 0 spiro atoms. The topological polar surface area (TPSA) is 111 Å². The average molecular weight is 343 g/mol. The molecule has 1 fully saturated rings. The summed E-state index contributed by atoms with van der Waals surface area (Å²) < 4.78 is 37.4. The number of morpholine rings is 1. The van der Waals surface area contributed by atoms with Crippen LogP contribution < -0.4 is 15.2 Å². The SMILES string of the molecule is COc1ccc(S(=O)(=O)NCCN2CCOCC2)cc1C(N)=O. The molecule has 8 nitrogen and oxygen atoms in total. The van der Waals surface area contributed by atoms with E-state index < -0.39 is 15.9 Å². The first-order valence-corrected chi connectivity index (χ1v) is 8.70. The number of rotatable bonds is 7. The highest BCUT2D eigenvalue weighted by Crippen LogP contribution is 2.21. The van der Waals surface area contributed by atoms with Crippen molar-refractivity contribution in [1.29, 1.82) is 0 Å². The summed E-state index contributed by atoms with van der Waals surface area (Å²) in [5.41, 5.74) is 5.28. The number of hydrogen-bond donors (Lipinski definition) is 2. The van der Waals surface area contributed by atoms with E-state index in [1.54, 1.807) is 0 Å². The number of nitrogens with two attached hydrogens (primary N) is 1. The number of primary amides is 1. The molecule has 23 heavy (non-hydrogen) atoms. The van der Waals surface area contributed by atoms with Gasteiger partial charge in [0, 0.05) is 26.2 Å². The normalized spacial score (nSPS) is 16.2. The number of carbonyl (C=O) groups excluding carboxylic acids is 1. The number of nitrogens with one attached hydrogen (secondary N) is 1. The lowest BCUT2D eigenvalue weighted by molar-refractivity contribution is 0.0390. The van der Waals surface area contributed by atoms with Crippen LogP contribution in [0.1, 0.15) is 10.4 Å². The van der Waals surface area contributed by atoms with Gasteiger partial charge in [-0.3, -0.25) is 9.69 Å². The van der Waals surface area contributed by atoms with Gasteiger partial charge in [-0.2, -0.15) is 0 Å². The summed E-state index contributed by atoms with van der Waals surface area (Å²) in [6.45, 7) is 3.77. The smallest absolute Gasteiger partial charge is 0.252 e. The number of hydrogen-bond acceptors (Lipinski definition) is 6.